The van der Waals surface area contributed by atoms with Crippen LogP contribution in [0.15, 0.2) is 18.2 Å². The third kappa shape index (κ3) is 5.03. The van der Waals surface area contributed by atoms with E-state index >= 15 is 0 Å². The van der Waals surface area contributed by atoms with Crippen molar-refractivity contribution in [2.45, 2.75) is 66.0 Å². The molecule has 1 unspecified atom stereocenters. The molecule has 1 fully saturated rings. The Morgan fingerprint density at radius 2 is 1.95 bits per heavy atom. The Morgan fingerprint density at radius 3 is 2.62 bits per heavy atom. The predicted molar refractivity (Wildman–Crippen MR) is 93.0 cm³/mol. The average molecular weight is 288 g/mol. The van der Waals surface area contributed by atoms with E-state index in [-0.39, 0.29) is 5.54 Å². The maximum Gasteiger partial charge on any atom is 0.0369 e. The minimum Gasteiger partial charge on any atom is -0.372 e. The van der Waals surface area contributed by atoms with E-state index in [1.54, 1.807) is 0 Å². The van der Waals surface area contributed by atoms with Crippen molar-refractivity contribution in [3.05, 3.63) is 29.3 Å². The van der Waals surface area contributed by atoms with Crippen molar-refractivity contribution in [1.29, 1.82) is 0 Å². The fourth-order valence-corrected chi connectivity index (χ4v) is 2.96. The summed E-state index contributed by atoms with van der Waals surface area (Å²) in [6.07, 6.45) is 4.03. The number of benzene rings is 1. The zero-order valence-corrected chi connectivity index (χ0v) is 14.5. The standard InChI is InChI=1S/C19H32N2/c1-15-7-6-11-21(12-10-15)18-9-8-17(16(2)13-18)14-20-19(3,4)5/h8-9,13,15,20H,6-7,10-12,14H2,1-5H3. The van der Waals surface area contributed by atoms with E-state index in [2.05, 4.69) is 63.0 Å². The van der Waals surface area contributed by atoms with Crippen LogP contribution < -0.4 is 10.2 Å². The van der Waals surface area contributed by atoms with Crippen LogP contribution in [0.5, 0.6) is 0 Å². The van der Waals surface area contributed by atoms with Crippen LogP contribution in [0.3, 0.4) is 0 Å². The first-order valence-corrected chi connectivity index (χ1v) is 8.45. The number of nitrogens with one attached hydrogen (secondary N) is 1. The minimum atomic E-state index is 0.173. The lowest BCUT2D eigenvalue weighted by atomic mass is 10.0. The van der Waals surface area contributed by atoms with Crippen LogP contribution >= 0.6 is 0 Å². The molecule has 0 aromatic heterocycles. The molecule has 1 heterocycles. The van der Waals surface area contributed by atoms with E-state index < -0.39 is 0 Å². The molecule has 0 bridgehead atoms. The molecule has 2 nitrogen and oxygen atoms in total. The molecular formula is C19H32N2. The Morgan fingerprint density at radius 1 is 1.19 bits per heavy atom. The topological polar surface area (TPSA) is 15.3 Å². The van der Waals surface area contributed by atoms with Gasteiger partial charge in [-0.1, -0.05) is 13.0 Å². The molecule has 2 heteroatoms. The lowest BCUT2D eigenvalue weighted by Gasteiger charge is -2.25. The molecule has 1 aromatic rings. The molecule has 0 saturated carbocycles. The van der Waals surface area contributed by atoms with Crippen LogP contribution in [-0.4, -0.2) is 18.6 Å². The predicted octanol–water partition coefficient (Wildman–Crippen LogP) is 4.51. The number of aryl methyl sites for hydroxylation is 1. The fraction of sp³-hybridized carbons (Fsp3) is 0.684. The van der Waals surface area contributed by atoms with E-state index in [4.69, 9.17) is 0 Å². The van der Waals surface area contributed by atoms with Crippen LogP contribution in [0, 0.1) is 12.8 Å². The van der Waals surface area contributed by atoms with Gasteiger partial charge in [0, 0.05) is 30.9 Å². The fourth-order valence-electron chi connectivity index (χ4n) is 2.96. The molecule has 118 valence electrons. The maximum absolute atomic E-state index is 3.58. The van der Waals surface area contributed by atoms with Gasteiger partial charge in [0.2, 0.25) is 0 Å². The average Bonchev–Trinajstić information content (AvgIpc) is 2.61. The second kappa shape index (κ2) is 6.83. The summed E-state index contributed by atoms with van der Waals surface area (Å²) in [5.41, 5.74) is 4.39. The highest BCUT2D eigenvalue weighted by atomic mass is 15.1. The number of rotatable bonds is 3. The monoisotopic (exact) mass is 288 g/mol. The second-order valence-electron chi connectivity index (χ2n) is 7.74. The quantitative estimate of drug-likeness (QED) is 0.880. The third-order valence-corrected chi connectivity index (χ3v) is 4.52. The number of hydrogen-bond donors (Lipinski definition) is 1. The van der Waals surface area contributed by atoms with E-state index in [0.29, 0.717) is 0 Å². The summed E-state index contributed by atoms with van der Waals surface area (Å²) in [5.74, 6) is 0.881. The zero-order valence-electron chi connectivity index (χ0n) is 14.5. The highest BCUT2D eigenvalue weighted by Gasteiger charge is 2.15. The zero-order chi connectivity index (χ0) is 15.5. The van der Waals surface area contributed by atoms with Crippen molar-refractivity contribution in [1.82, 2.24) is 5.32 Å². The summed E-state index contributed by atoms with van der Waals surface area (Å²) >= 11 is 0. The van der Waals surface area contributed by atoms with Crippen LogP contribution in [0.25, 0.3) is 0 Å². The highest BCUT2D eigenvalue weighted by Crippen LogP contribution is 2.24. The molecule has 1 aliphatic rings. The van der Waals surface area contributed by atoms with Crippen LogP contribution in [-0.2, 0) is 6.54 Å². The number of nitrogens with zero attached hydrogens (tertiary/aromatic N) is 1. The molecular weight excluding hydrogens is 256 g/mol. The summed E-state index contributed by atoms with van der Waals surface area (Å²) in [4.78, 5) is 2.57. The normalized spacial score (nSPS) is 20.4. The molecule has 1 aliphatic heterocycles. The smallest absolute Gasteiger partial charge is 0.0369 e. The Bertz CT molecular complexity index is 459. The first-order chi connectivity index (χ1) is 9.85. The summed E-state index contributed by atoms with van der Waals surface area (Å²) in [5, 5.41) is 3.58. The Labute approximate surface area is 130 Å². The van der Waals surface area contributed by atoms with E-state index in [1.165, 1.54) is 49.2 Å². The number of anilines is 1. The van der Waals surface area contributed by atoms with Crippen LogP contribution in [0.1, 0.15) is 58.1 Å². The lowest BCUT2D eigenvalue weighted by Crippen LogP contribution is -2.35. The maximum atomic E-state index is 3.58. The number of hydrogen-bond acceptors (Lipinski definition) is 2. The molecule has 2 rings (SSSR count). The molecule has 21 heavy (non-hydrogen) atoms. The van der Waals surface area contributed by atoms with Crippen molar-refractivity contribution in [3.63, 3.8) is 0 Å². The van der Waals surface area contributed by atoms with E-state index in [9.17, 15) is 0 Å². The Hall–Kier alpha value is -1.02. The first kappa shape index (κ1) is 16.4. The van der Waals surface area contributed by atoms with Gasteiger partial charge < -0.3 is 10.2 Å². The van der Waals surface area contributed by atoms with Gasteiger partial charge in [-0.25, -0.2) is 0 Å². The van der Waals surface area contributed by atoms with Crippen molar-refractivity contribution in [3.8, 4) is 0 Å². The van der Waals surface area contributed by atoms with Crippen LogP contribution in [0.2, 0.25) is 0 Å². The van der Waals surface area contributed by atoms with Crippen molar-refractivity contribution in [2.75, 3.05) is 18.0 Å². The molecule has 1 atom stereocenters. The van der Waals surface area contributed by atoms with Gasteiger partial charge in [0.15, 0.2) is 0 Å². The summed E-state index contributed by atoms with van der Waals surface area (Å²) in [6.45, 7) is 14.6. The summed E-state index contributed by atoms with van der Waals surface area (Å²) in [6, 6.07) is 6.98. The molecule has 1 saturated heterocycles. The summed E-state index contributed by atoms with van der Waals surface area (Å²) in [7, 11) is 0. The van der Waals surface area contributed by atoms with E-state index in [1.807, 2.05) is 0 Å². The highest BCUT2D eigenvalue weighted by molar-refractivity contribution is 5.51. The van der Waals surface area contributed by atoms with Crippen molar-refractivity contribution >= 4 is 5.69 Å². The molecule has 1 N–H and O–H groups in total. The molecule has 0 amide bonds. The largest absolute Gasteiger partial charge is 0.372 e. The minimum absolute atomic E-state index is 0.173. The summed E-state index contributed by atoms with van der Waals surface area (Å²) < 4.78 is 0. The SMILES string of the molecule is Cc1cc(N2CCCC(C)CC2)ccc1CNC(C)(C)C. The lowest BCUT2D eigenvalue weighted by molar-refractivity contribution is 0.424. The van der Waals surface area contributed by atoms with Gasteiger partial charge in [-0.3, -0.25) is 0 Å². The van der Waals surface area contributed by atoms with Crippen molar-refractivity contribution < 1.29 is 0 Å². The first-order valence-electron chi connectivity index (χ1n) is 8.45. The van der Waals surface area contributed by atoms with Gasteiger partial charge in [-0.2, -0.15) is 0 Å². The molecule has 1 aromatic carbocycles. The van der Waals surface area contributed by atoms with Gasteiger partial charge >= 0.3 is 0 Å². The molecule has 0 aliphatic carbocycles. The molecule has 0 spiro atoms. The third-order valence-electron chi connectivity index (χ3n) is 4.52. The molecule has 0 radical (unpaired) electrons. The second-order valence-corrected chi connectivity index (χ2v) is 7.74. The Balaban J connectivity index is 2.04. The van der Waals surface area contributed by atoms with Gasteiger partial charge in [-0.15, -0.1) is 0 Å². The van der Waals surface area contributed by atoms with Gasteiger partial charge in [0.25, 0.3) is 0 Å². The van der Waals surface area contributed by atoms with Gasteiger partial charge in [-0.05, 0) is 76.1 Å². The van der Waals surface area contributed by atoms with Gasteiger partial charge in [0.05, 0.1) is 0 Å². The van der Waals surface area contributed by atoms with E-state index in [0.717, 1.165) is 12.5 Å². The van der Waals surface area contributed by atoms with Gasteiger partial charge in [0.1, 0.15) is 0 Å². The van der Waals surface area contributed by atoms with Crippen molar-refractivity contribution in [2.24, 2.45) is 5.92 Å². The van der Waals surface area contributed by atoms with Crippen LogP contribution in [0.4, 0.5) is 5.69 Å². The Kier molecular flexibility index (Phi) is 5.32.